The number of carbonyl (C=O) groups excluding carboxylic acids is 7. The predicted molar refractivity (Wildman–Crippen MR) is 464 cm³/mol. The number of aromatic nitrogens is 4. The number of rotatable bonds is 45. The zero-order valence-electron chi connectivity index (χ0n) is 74.0. The highest BCUT2D eigenvalue weighted by Crippen LogP contribution is 2.57. The van der Waals surface area contributed by atoms with E-state index in [2.05, 4.69) is 96.8 Å². The van der Waals surface area contributed by atoms with Crippen molar-refractivity contribution in [3.8, 4) is 0 Å². The first-order valence-corrected chi connectivity index (χ1v) is 45.7. The molecule has 0 saturated carbocycles. The fourth-order valence-electron chi connectivity index (χ4n) is 18.1. The number of aliphatic hydroxyl groups is 1. The third kappa shape index (κ3) is 27.4. The third-order valence-electron chi connectivity index (χ3n) is 25.0. The second-order valence-corrected chi connectivity index (χ2v) is 37.7. The summed E-state index contributed by atoms with van der Waals surface area (Å²) >= 11 is 0. The van der Waals surface area contributed by atoms with Crippen molar-refractivity contribution in [1.29, 1.82) is 0 Å². The van der Waals surface area contributed by atoms with Crippen LogP contribution in [0.4, 0.5) is 16.4 Å². The van der Waals surface area contributed by atoms with Gasteiger partial charge < -0.3 is 133 Å². The summed E-state index contributed by atoms with van der Waals surface area (Å²) in [6, 6.07) is -6.06. The number of carboxylic acid groups (broad SMARTS) is 6. The molecule has 6 fully saturated rings. The lowest BCUT2D eigenvalue weighted by atomic mass is 9.78. The Morgan fingerprint density at radius 2 is 1.30 bits per heavy atom. The van der Waals surface area contributed by atoms with Gasteiger partial charge in [0, 0.05) is 80.0 Å². The van der Waals surface area contributed by atoms with Gasteiger partial charge >= 0.3 is 41.9 Å². The molecular formula is C83H122N16O29S2. The van der Waals surface area contributed by atoms with Gasteiger partial charge in [-0.15, -0.1) is 0 Å². The molecule has 2 unspecified atom stereocenters. The number of nitrogens with zero attached hydrogens (tertiary/aromatic N) is 4. The molecule has 45 nitrogen and oxygen atoms in total. The largest absolute Gasteiger partial charge is 0.481 e. The normalized spacial score (nSPS) is 29.3. The molecule has 720 valence electrons. The Balaban J connectivity index is 0.719. The lowest BCUT2D eigenvalue weighted by molar-refractivity contribution is -0.353. The minimum Gasteiger partial charge on any atom is -0.481 e. The van der Waals surface area contributed by atoms with E-state index in [0.29, 0.717) is 56.3 Å². The van der Waals surface area contributed by atoms with Crippen LogP contribution in [0.3, 0.4) is 0 Å². The van der Waals surface area contributed by atoms with Crippen LogP contribution in [0.5, 0.6) is 0 Å². The summed E-state index contributed by atoms with van der Waals surface area (Å²) in [5.74, 6) is -21.9. The highest BCUT2D eigenvalue weighted by atomic mass is 33.1. The van der Waals surface area contributed by atoms with Gasteiger partial charge in [0.15, 0.2) is 22.9 Å². The Bertz CT molecular complexity index is 4650. The quantitative estimate of drug-likeness (QED) is 0.0166. The molecule has 0 aliphatic carbocycles. The van der Waals surface area contributed by atoms with E-state index in [0.717, 1.165) is 34.4 Å². The van der Waals surface area contributed by atoms with E-state index in [9.17, 15) is 103 Å². The molecule has 6 aliphatic heterocycles. The number of ether oxygens (including phenoxy) is 8. The highest BCUT2D eigenvalue weighted by molar-refractivity contribution is 8.76. The molecule has 8 heterocycles. The van der Waals surface area contributed by atoms with Gasteiger partial charge in [0.25, 0.3) is 11.5 Å². The number of guanidine groups is 1. The molecular weight excluding hydrogens is 1750 g/mol. The van der Waals surface area contributed by atoms with Gasteiger partial charge in [-0.2, -0.15) is 4.98 Å². The number of H-pyrrole nitrogens is 1. The minimum atomic E-state index is -2.19. The number of hydrogen-bond donors (Lipinski definition) is 19. The Morgan fingerprint density at radius 1 is 0.677 bits per heavy atom. The van der Waals surface area contributed by atoms with E-state index >= 15 is 0 Å². The Hall–Kier alpha value is -10.4. The van der Waals surface area contributed by atoms with Gasteiger partial charge in [-0.05, 0) is 127 Å². The molecule has 7 amide bonds. The number of amides is 7. The first kappa shape index (κ1) is 103. The smallest absolute Gasteiger partial charge is 0.407 e. The van der Waals surface area contributed by atoms with Crippen LogP contribution >= 0.6 is 21.6 Å². The predicted octanol–water partition coefficient (Wildman–Crippen LogP) is 1.69. The van der Waals surface area contributed by atoms with Gasteiger partial charge in [-0.1, -0.05) is 63.1 Å². The van der Waals surface area contributed by atoms with Crippen LogP contribution in [-0.4, -0.2) is 285 Å². The van der Waals surface area contributed by atoms with Crippen molar-refractivity contribution in [1.82, 2.24) is 57.2 Å². The molecule has 47 heteroatoms. The van der Waals surface area contributed by atoms with E-state index in [1.54, 1.807) is 21.0 Å². The summed E-state index contributed by atoms with van der Waals surface area (Å²) < 4.78 is 53.3. The molecule has 1 spiro atoms. The number of benzene rings is 1. The number of fused-ring (bicyclic) bond motifs is 1. The van der Waals surface area contributed by atoms with Crippen LogP contribution in [0.2, 0.25) is 0 Å². The van der Waals surface area contributed by atoms with Gasteiger partial charge in [0.2, 0.25) is 41.3 Å². The lowest BCUT2D eigenvalue weighted by Gasteiger charge is -2.50. The van der Waals surface area contributed by atoms with Gasteiger partial charge in [0.1, 0.15) is 42.9 Å². The minimum absolute atomic E-state index is 0.00222. The topological polar surface area (TPSA) is 696 Å². The monoisotopic (exact) mass is 1870 g/mol. The van der Waals surface area contributed by atoms with Crippen molar-refractivity contribution < 1.29 is 136 Å². The van der Waals surface area contributed by atoms with Crippen LogP contribution in [0.1, 0.15) is 181 Å². The first-order chi connectivity index (χ1) is 61.2. The van der Waals surface area contributed by atoms with Gasteiger partial charge in [0.05, 0.1) is 104 Å². The number of aromatic amines is 1. The second kappa shape index (κ2) is 45.6. The number of anilines is 2. The van der Waals surface area contributed by atoms with E-state index in [4.69, 9.17) is 55.1 Å². The number of carboxylic acids is 6. The molecule has 6 saturated heterocycles. The summed E-state index contributed by atoms with van der Waals surface area (Å²) in [5.41, 5.74) is 15.1. The van der Waals surface area contributed by atoms with Gasteiger partial charge in [-0.25, -0.2) is 24.4 Å². The zero-order valence-corrected chi connectivity index (χ0v) is 75.6. The number of methoxy groups -OCH3 is 1. The lowest BCUT2D eigenvalue weighted by Crippen LogP contribution is -2.59. The number of nitrogen functional groups attached to an aromatic ring is 1. The van der Waals surface area contributed by atoms with Crippen molar-refractivity contribution >= 4 is 128 Å². The molecule has 22 N–H and O–H groups in total. The van der Waals surface area contributed by atoms with Crippen molar-refractivity contribution in [3.63, 3.8) is 0 Å². The average molecular weight is 1870 g/mol. The summed E-state index contributed by atoms with van der Waals surface area (Å²) in [4.78, 5) is 200. The fraction of sp³-hybridized carbons (Fsp3) is 0.687. The molecule has 130 heavy (non-hydrogen) atoms. The van der Waals surface area contributed by atoms with Crippen molar-refractivity contribution in [2.24, 2.45) is 57.9 Å². The summed E-state index contributed by atoms with van der Waals surface area (Å²) in [7, 11) is 3.65. The Morgan fingerprint density at radius 3 is 1.92 bits per heavy atom. The molecule has 0 bridgehead atoms. The zero-order chi connectivity index (χ0) is 95.6. The van der Waals surface area contributed by atoms with Crippen molar-refractivity contribution in [3.05, 3.63) is 52.1 Å². The van der Waals surface area contributed by atoms with E-state index in [1.807, 2.05) is 19.2 Å². The maximum atomic E-state index is 14.1. The van der Waals surface area contributed by atoms with Crippen LogP contribution in [0.25, 0.3) is 11.2 Å². The van der Waals surface area contributed by atoms with Crippen molar-refractivity contribution in [2.45, 2.75) is 279 Å². The number of carbonyl (C=O) groups is 13. The molecule has 3 aromatic rings. The molecule has 1 aromatic carbocycles. The number of nitrogens with two attached hydrogens (primary N) is 3. The molecule has 25 atom stereocenters. The maximum absolute atomic E-state index is 14.1. The van der Waals surface area contributed by atoms with E-state index in [-0.39, 0.29) is 115 Å². The molecule has 0 radical (unpaired) electrons. The van der Waals surface area contributed by atoms with Crippen molar-refractivity contribution in [2.75, 3.05) is 49.4 Å². The summed E-state index contributed by atoms with van der Waals surface area (Å²) in [6.45, 7) is 17.3. The SMILES string of the molecule is CO[C@@H]1C[C@@H](C[C@H]2CC[C@H](C)C([C@@H](C)C(=O)O)O2)O[C@]2(O[C@@](C)(C3CC[C@@](C)([C@@H]4O[C@@H]([C@@H]5O[C@@](O)(COC(=O)NCCSSC[C@H](NC(=O)[C@H](CC(=O)O)NC(=O)[C@H](CC(=O)O)NC(=O)[C@H](CCCN=C(N)N)NC(=O)[C@H](CC(=O)O)NC(=O)CC[C@H](NC(=O)c6ccc(NCc7cnc8nc(N)[nH]c(=O)c8n7)cc6)C(=O)O)C(=O)O)[C@H](C)C[C@@H]5C)C[C@@H]4C)O3)C[C@H]2C)[C@@H]1C. The number of aliphatic carboxylic acids is 6. The third-order valence-corrected chi connectivity index (χ3v) is 27.4. The molecule has 9 rings (SSSR count). The van der Waals surface area contributed by atoms with Gasteiger partial charge in [-0.3, -0.25) is 62.7 Å². The average Bonchev–Trinajstić information content (AvgIpc) is 1.56. The summed E-state index contributed by atoms with van der Waals surface area (Å²) in [5, 5.41) is 90.2. The number of hydrogen-bond acceptors (Lipinski definition) is 31. The Kier molecular flexibility index (Phi) is 36.3. The van der Waals surface area contributed by atoms with Crippen LogP contribution < -0.4 is 65.3 Å². The first-order valence-electron chi connectivity index (χ1n) is 43.2. The fourth-order valence-corrected chi connectivity index (χ4v) is 20.1. The van der Waals surface area contributed by atoms with Crippen LogP contribution in [-0.2, 0) is 97.2 Å². The van der Waals surface area contributed by atoms with Crippen LogP contribution in [0.15, 0.2) is 40.2 Å². The van der Waals surface area contributed by atoms with Crippen LogP contribution in [0, 0.1) is 41.4 Å². The van der Waals surface area contributed by atoms with E-state index < -0.39 is 229 Å². The molecule has 2 aromatic heterocycles. The second-order valence-electron chi connectivity index (χ2n) is 35.1. The number of nitrogens with one attached hydrogen (secondary N) is 9. The number of aliphatic imine (C=N–C) groups is 1. The maximum Gasteiger partial charge on any atom is 0.407 e. The number of alkyl carbamates (subject to hydrolysis) is 1. The molecule has 6 aliphatic rings. The standard InChI is InChI=1S/C83H122N16O29S2/c1-38-13-18-48(123-64(38)43(6)74(113)114)28-49-29-56(121-10)44(7)83(125-49)42(5)33-81(9,128-83)58-21-22-80(8,126-58)66-40(3)27-57(124-66)65-39(2)26-41(4)82(120,127-65)37-122-79(119)88-24-25-129-130-36-55(76(117)118)97-72(111)54(32-62(105)106)96-71(110)53(31-61(103)104)95-69(108)50(12-11-23-87-77(84)85)93-70(109)52(30-60(101)102)92-59(100)20-19-51(75(115)116)94-68(107)45-14-16-46(17-15-45)89-34-47-35-90-67-63(91-47)73(112)99-78(86)98-67/h14-17,35,38-44,48-58,64-66,89,120H,11-13,18-34,36-37H2,1-10H3,(H,88,119)(H,92,100)(H,93,109)(H,94,107)(H,95,108)(H,96,110)(H,97,111)(H,101,102)(H,103,104)(H,105,106)(H,113,114)(H,115,116)(H,117,118)(H4,84,85,87)(H3,86,90,98,99,112)/t38-,39-,40-,41+,42+,43+,44+,48+,49+,50-,51-,52-,53-,54-,55-,56+,57+,58?,64?,65+,66+,80-,81+,82-,83+/m0/s1. The summed E-state index contributed by atoms with van der Waals surface area (Å²) in [6.07, 6.45) is -2.04. The highest BCUT2D eigenvalue weighted by Gasteiger charge is 2.65. The Labute approximate surface area is 756 Å². The van der Waals surface area contributed by atoms with E-state index in [1.165, 1.54) is 30.5 Å².